The third kappa shape index (κ3) is 5.44. The van der Waals surface area contributed by atoms with Gasteiger partial charge in [0.05, 0.1) is 6.04 Å². The van der Waals surface area contributed by atoms with Gasteiger partial charge in [-0.25, -0.2) is 4.79 Å². The molecule has 4 N–H and O–H groups in total. The Hall–Kier alpha value is -1.18. The smallest absolute Gasteiger partial charge is 0.321 e. The minimum Gasteiger partial charge on any atom is -0.338 e. The lowest BCUT2D eigenvalue weighted by molar-refractivity contribution is -0.124. The monoisotopic (exact) mass is 285 g/mol. The first-order chi connectivity index (χ1) is 9.58. The summed E-state index contributed by atoms with van der Waals surface area (Å²) in [6.45, 7) is 9.33. The number of hydrogen-bond acceptors (Lipinski definition) is 5. The van der Waals surface area contributed by atoms with Gasteiger partial charge < -0.3 is 16.0 Å². The molecule has 1 rings (SSSR count). The second-order valence-corrected chi connectivity index (χ2v) is 5.04. The Morgan fingerprint density at radius 2 is 2.00 bits per heavy atom. The summed E-state index contributed by atoms with van der Waals surface area (Å²) in [6, 6.07) is -0.723. The van der Waals surface area contributed by atoms with Gasteiger partial charge in [-0.15, -0.1) is 0 Å². The molecule has 0 aromatic heterocycles. The van der Waals surface area contributed by atoms with Gasteiger partial charge in [0, 0.05) is 39.3 Å². The third-order valence-electron chi connectivity index (χ3n) is 3.57. The fraction of sp³-hybridized carbons (Fsp3) is 0.846. The largest absolute Gasteiger partial charge is 0.338 e. The van der Waals surface area contributed by atoms with Crippen LogP contribution in [0.15, 0.2) is 0 Å². The predicted molar refractivity (Wildman–Crippen MR) is 78.4 cm³/mol. The molecule has 0 bridgehead atoms. The van der Waals surface area contributed by atoms with E-state index in [1.165, 1.54) is 0 Å². The van der Waals surface area contributed by atoms with Gasteiger partial charge in [0.25, 0.3) is 0 Å². The van der Waals surface area contributed by atoms with Crippen molar-refractivity contribution in [3.63, 3.8) is 0 Å². The van der Waals surface area contributed by atoms with E-state index in [0.717, 1.165) is 39.1 Å². The maximum atomic E-state index is 12.0. The summed E-state index contributed by atoms with van der Waals surface area (Å²) < 4.78 is 0. The molecule has 1 heterocycles. The average Bonchev–Trinajstić information content (AvgIpc) is 2.64. The van der Waals surface area contributed by atoms with Crippen molar-refractivity contribution in [1.82, 2.24) is 20.4 Å². The summed E-state index contributed by atoms with van der Waals surface area (Å²) in [5, 5.41) is 4.93. The molecular formula is C13H27N5O2. The van der Waals surface area contributed by atoms with Crippen LogP contribution in [0, 0.1) is 0 Å². The number of imide groups is 1. The first-order valence-electron chi connectivity index (χ1n) is 7.33. The van der Waals surface area contributed by atoms with Crippen molar-refractivity contribution in [3.05, 3.63) is 0 Å². The summed E-state index contributed by atoms with van der Waals surface area (Å²) in [5.41, 5.74) is 5.57. The van der Waals surface area contributed by atoms with E-state index in [1.54, 1.807) is 0 Å². The molecule has 1 saturated heterocycles. The van der Waals surface area contributed by atoms with Crippen LogP contribution in [-0.2, 0) is 4.79 Å². The molecule has 3 amide bonds. The molecule has 0 spiro atoms. The zero-order valence-corrected chi connectivity index (χ0v) is 12.5. The van der Waals surface area contributed by atoms with Crippen LogP contribution in [-0.4, -0.2) is 73.6 Å². The normalized spacial score (nSPS) is 19.1. The van der Waals surface area contributed by atoms with Crippen molar-refractivity contribution >= 4 is 11.9 Å². The first-order valence-corrected chi connectivity index (χ1v) is 7.33. The lowest BCUT2D eigenvalue weighted by Gasteiger charge is -2.26. The van der Waals surface area contributed by atoms with Crippen molar-refractivity contribution in [2.45, 2.75) is 26.3 Å². The molecule has 0 radical (unpaired) electrons. The summed E-state index contributed by atoms with van der Waals surface area (Å²) in [4.78, 5) is 27.8. The molecule has 1 aliphatic heterocycles. The van der Waals surface area contributed by atoms with E-state index in [-0.39, 0.29) is 11.9 Å². The zero-order valence-electron chi connectivity index (χ0n) is 12.5. The molecule has 1 fully saturated rings. The number of nitrogens with two attached hydrogens (primary N) is 1. The SMILES string of the molecule is CCNC(=O)NC(=O)C(C)N1CCCN(CCN)CC1. The number of nitrogens with one attached hydrogen (secondary N) is 2. The van der Waals surface area contributed by atoms with Crippen molar-refractivity contribution in [3.8, 4) is 0 Å². The van der Waals surface area contributed by atoms with Gasteiger partial charge in [-0.1, -0.05) is 0 Å². The lowest BCUT2D eigenvalue weighted by atomic mass is 10.2. The quantitative estimate of drug-likeness (QED) is 0.614. The lowest BCUT2D eigenvalue weighted by Crippen LogP contribution is -2.50. The number of hydrogen-bond donors (Lipinski definition) is 3. The van der Waals surface area contributed by atoms with E-state index in [0.29, 0.717) is 13.1 Å². The van der Waals surface area contributed by atoms with Gasteiger partial charge in [-0.05, 0) is 26.8 Å². The molecule has 0 saturated carbocycles. The van der Waals surface area contributed by atoms with E-state index in [2.05, 4.69) is 20.4 Å². The Kier molecular flexibility index (Phi) is 7.50. The number of carbonyl (C=O) groups is 2. The van der Waals surface area contributed by atoms with Crippen molar-refractivity contribution in [2.75, 3.05) is 45.8 Å². The maximum absolute atomic E-state index is 12.0. The number of amides is 3. The van der Waals surface area contributed by atoms with Gasteiger partial charge in [0.15, 0.2) is 0 Å². The summed E-state index contributed by atoms with van der Waals surface area (Å²) in [7, 11) is 0. The maximum Gasteiger partial charge on any atom is 0.321 e. The topological polar surface area (TPSA) is 90.7 Å². The highest BCUT2D eigenvalue weighted by Gasteiger charge is 2.24. The van der Waals surface area contributed by atoms with E-state index in [9.17, 15) is 9.59 Å². The van der Waals surface area contributed by atoms with Gasteiger partial charge in [0.1, 0.15) is 0 Å². The Balaban J connectivity index is 2.44. The number of carbonyl (C=O) groups excluding carboxylic acids is 2. The third-order valence-corrected chi connectivity index (χ3v) is 3.57. The fourth-order valence-electron chi connectivity index (χ4n) is 2.37. The molecule has 0 aromatic rings. The Bertz CT molecular complexity index is 324. The van der Waals surface area contributed by atoms with Crippen LogP contribution in [0.3, 0.4) is 0 Å². The second-order valence-electron chi connectivity index (χ2n) is 5.04. The van der Waals surface area contributed by atoms with Gasteiger partial charge in [-0.2, -0.15) is 0 Å². The fourth-order valence-corrected chi connectivity index (χ4v) is 2.37. The van der Waals surface area contributed by atoms with Crippen molar-refractivity contribution in [1.29, 1.82) is 0 Å². The molecule has 20 heavy (non-hydrogen) atoms. The van der Waals surface area contributed by atoms with Crippen LogP contribution in [0.25, 0.3) is 0 Å². The van der Waals surface area contributed by atoms with E-state index in [1.807, 2.05) is 13.8 Å². The molecule has 7 heteroatoms. The van der Waals surface area contributed by atoms with Crippen LogP contribution in [0.5, 0.6) is 0 Å². The van der Waals surface area contributed by atoms with E-state index in [4.69, 9.17) is 5.73 Å². The summed E-state index contributed by atoms with van der Waals surface area (Å²) in [5.74, 6) is -0.247. The van der Waals surface area contributed by atoms with Gasteiger partial charge in [-0.3, -0.25) is 15.0 Å². The van der Waals surface area contributed by atoms with Gasteiger partial charge in [0.2, 0.25) is 5.91 Å². The summed E-state index contributed by atoms with van der Waals surface area (Å²) >= 11 is 0. The number of urea groups is 1. The van der Waals surface area contributed by atoms with E-state index >= 15 is 0 Å². The molecular weight excluding hydrogens is 258 g/mol. The van der Waals surface area contributed by atoms with Crippen LogP contribution in [0.2, 0.25) is 0 Å². The van der Waals surface area contributed by atoms with Crippen molar-refractivity contribution < 1.29 is 9.59 Å². The van der Waals surface area contributed by atoms with Crippen LogP contribution in [0.1, 0.15) is 20.3 Å². The van der Waals surface area contributed by atoms with Gasteiger partial charge >= 0.3 is 6.03 Å². The minimum atomic E-state index is -0.427. The van der Waals surface area contributed by atoms with Crippen LogP contribution >= 0.6 is 0 Å². The Labute approximate surface area is 120 Å². The van der Waals surface area contributed by atoms with Crippen LogP contribution < -0.4 is 16.4 Å². The number of nitrogens with zero attached hydrogens (tertiary/aromatic N) is 2. The molecule has 116 valence electrons. The number of rotatable bonds is 5. The molecule has 1 atom stereocenters. The van der Waals surface area contributed by atoms with E-state index < -0.39 is 6.03 Å². The Morgan fingerprint density at radius 3 is 2.65 bits per heavy atom. The molecule has 7 nitrogen and oxygen atoms in total. The predicted octanol–water partition coefficient (Wildman–Crippen LogP) is -0.813. The zero-order chi connectivity index (χ0) is 15.0. The highest BCUT2D eigenvalue weighted by Crippen LogP contribution is 2.07. The minimum absolute atomic E-state index is 0.247. The molecule has 1 aliphatic rings. The Morgan fingerprint density at radius 1 is 1.25 bits per heavy atom. The second kappa shape index (κ2) is 8.89. The van der Waals surface area contributed by atoms with Crippen molar-refractivity contribution in [2.24, 2.45) is 5.73 Å². The highest BCUT2D eigenvalue weighted by molar-refractivity contribution is 5.96. The molecule has 0 aromatic carbocycles. The highest BCUT2D eigenvalue weighted by atomic mass is 16.2. The molecule has 0 aliphatic carbocycles. The first kappa shape index (κ1) is 16.9. The standard InChI is InChI=1S/C13H27N5O2/c1-3-15-13(20)16-12(19)11(2)18-7-4-6-17(8-5-14)9-10-18/h11H,3-10,14H2,1-2H3,(H2,15,16,19,20). The van der Waals surface area contributed by atoms with Crippen LogP contribution in [0.4, 0.5) is 4.79 Å². The molecule has 1 unspecified atom stereocenters. The average molecular weight is 285 g/mol. The summed E-state index contributed by atoms with van der Waals surface area (Å²) in [6.07, 6.45) is 1.01.